The molecule has 0 aromatic heterocycles. The molecular formula is C34H32O11S2. The van der Waals surface area contributed by atoms with E-state index in [4.69, 9.17) is 62.3 Å². The van der Waals surface area contributed by atoms with Crippen LogP contribution in [0.15, 0.2) is 60.7 Å². The highest BCUT2D eigenvalue weighted by Crippen LogP contribution is 2.85. The van der Waals surface area contributed by atoms with Crippen molar-refractivity contribution in [3.63, 3.8) is 0 Å². The van der Waals surface area contributed by atoms with Gasteiger partial charge in [0.1, 0.15) is 29.6 Å². The van der Waals surface area contributed by atoms with Gasteiger partial charge < -0.3 is 37.9 Å². The number of rotatable bonds is 4. The number of hydrogen-bond acceptors (Lipinski definition) is 13. The van der Waals surface area contributed by atoms with Crippen LogP contribution in [-0.2, 0) is 42.8 Å². The first-order valence-corrected chi connectivity index (χ1v) is 16.3. The quantitative estimate of drug-likeness (QED) is 0.257. The molecule has 0 radical (unpaired) electrons. The summed E-state index contributed by atoms with van der Waals surface area (Å²) in [6.07, 6.45) is -4.03. The third-order valence-corrected chi connectivity index (χ3v) is 11.6. The van der Waals surface area contributed by atoms with Crippen LogP contribution in [0.1, 0.15) is 40.5 Å². The van der Waals surface area contributed by atoms with Gasteiger partial charge in [0.05, 0.1) is 10.8 Å². The molecule has 2 aromatic carbocycles. The van der Waals surface area contributed by atoms with Crippen LogP contribution < -0.4 is 9.47 Å². The van der Waals surface area contributed by atoms with Crippen molar-refractivity contribution in [1.82, 2.24) is 0 Å². The third kappa shape index (κ3) is 3.57. The first-order valence-electron chi connectivity index (χ1n) is 15.5. The second kappa shape index (κ2) is 9.86. The lowest BCUT2D eigenvalue weighted by atomic mass is 9.51. The van der Waals surface area contributed by atoms with Gasteiger partial charge in [-0.15, -0.1) is 0 Å². The minimum atomic E-state index is -2.00. The van der Waals surface area contributed by atoms with Gasteiger partial charge in [-0.3, -0.25) is 4.79 Å². The maximum absolute atomic E-state index is 14.5. The van der Waals surface area contributed by atoms with Gasteiger partial charge in [-0.2, -0.15) is 0 Å². The summed E-state index contributed by atoms with van der Waals surface area (Å²) in [5.74, 6) is -2.69. The second-order valence-electron chi connectivity index (χ2n) is 14.1. The number of hydrogen-bond donors (Lipinski definition) is 0. The molecule has 2 aliphatic carbocycles. The number of carbonyl (C=O) groups excluding carboxylic acids is 3. The van der Waals surface area contributed by atoms with Gasteiger partial charge >= 0.3 is 28.4 Å². The molecule has 8 rings (SSSR count). The van der Waals surface area contributed by atoms with Crippen LogP contribution in [0, 0.1) is 28.1 Å². The molecule has 4 heterocycles. The molecule has 0 bridgehead atoms. The lowest BCUT2D eigenvalue weighted by molar-refractivity contribution is -0.236. The number of benzene rings is 2. The lowest BCUT2D eigenvalue weighted by Gasteiger charge is -2.47. The molecule has 2 saturated carbocycles. The zero-order valence-corrected chi connectivity index (χ0v) is 27.6. The first kappa shape index (κ1) is 30.5. The largest absolute Gasteiger partial charge is 0.459 e. The van der Waals surface area contributed by atoms with Crippen molar-refractivity contribution >= 4 is 52.8 Å². The Morgan fingerprint density at radius 2 is 1.45 bits per heavy atom. The van der Waals surface area contributed by atoms with Crippen molar-refractivity contribution in [3.05, 3.63) is 60.7 Å². The average Bonchev–Trinajstić information content (AvgIpc) is 3.73. The maximum Gasteiger partial charge on any atom is 0.358 e. The fraction of sp³-hybridized carbons (Fsp3) is 0.500. The summed E-state index contributed by atoms with van der Waals surface area (Å²) in [5.41, 5.74) is -7.00. The molecular weight excluding hydrogens is 648 g/mol. The van der Waals surface area contributed by atoms with Gasteiger partial charge in [-0.1, -0.05) is 57.2 Å². The highest BCUT2D eigenvalue weighted by atomic mass is 32.1. The van der Waals surface area contributed by atoms with E-state index in [2.05, 4.69) is 0 Å². The molecule has 4 saturated heterocycles. The predicted octanol–water partition coefficient (Wildman–Crippen LogP) is 4.44. The number of ether oxygens (including phenoxy) is 8. The highest BCUT2D eigenvalue weighted by molar-refractivity contribution is 7.80. The zero-order chi connectivity index (χ0) is 33.1. The van der Waals surface area contributed by atoms with E-state index in [1.807, 2.05) is 32.9 Å². The molecule has 13 heteroatoms. The summed E-state index contributed by atoms with van der Waals surface area (Å²) < 4.78 is 49.5. The van der Waals surface area contributed by atoms with E-state index in [0.29, 0.717) is 17.9 Å². The summed E-state index contributed by atoms with van der Waals surface area (Å²) in [7, 11) is 0. The fourth-order valence-corrected chi connectivity index (χ4v) is 10.3. The van der Waals surface area contributed by atoms with Crippen LogP contribution in [-0.4, -0.2) is 64.2 Å². The monoisotopic (exact) mass is 680 g/mol. The molecule has 11 nitrogen and oxygen atoms in total. The summed E-state index contributed by atoms with van der Waals surface area (Å²) in [6, 6.07) is 17.5. The molecule has 0 N–H and O–H groups in total. The van der Waals surface area contributed by atoms with E-state index < -0.39 is 75.9 Å². The summed E-state index contributed by atoms with van der Waals surface area (Å²) in [5, 5.41) is -0.638. The van der Waals surface area contributed by atoms with Crippen LogP contribution in [0.5, 0.6) is 11.5 Å². The van der Waals surface area contributed by atoms with E-state index in [1.54, 1.807) is 55.5 Å². The van der Waals surface area contributed by atoms with E-state index in [-0.39, 0.29) is 22.8 Å². The van der Waals surface area contributed by atoms with E-state index >= 15 is 0 Å². The normalized spacial score (nSPS) is 40.4. The zero-order valence-electron chi connectivity index (χ0n) is 26.0. The van der Waals surface area contributed by atoms with Gasteiger partial charge in [0, 0.05) is 30.9 Å². The number of carbonyl (C=O) groups is 3. The molecule has 0 amide bonds. The number of thiocarbonyl (C=S) groups is 2. The van der Waals surface area contributed by atoms with Crippen LogP contribution in [0.2, 0.25) is 0 Å². The number of fused-ring (bicyclic) bond motifs is 1. The topological polar surface area (TPSA) is 125 Å². The van der Waals surface area contributed by atoms with Crippen LogP contribution in [0.25, 0.3) is 0 Å². The highest BCUT2D eigenvalue weighted by Gasteiger charge is 3.02. The Morgan fingerprint density at radius 1 is 0.830 bits per heavy atom. The molecule has 246 valence electrons. The van der Waals surface area contributed by atoms with Crippen LogP contribution in [0.3, 0.4) is 0 Å². The summed E-state index contributed by atoms with van der Waals surface area (Å²) in [4.78, 5) is 41.7. The molecule has 6 unspecified atom stereocenters. The maximum atomic E-state index is 14.5. The predicted molar refractivity (Wildman–Crippen MR) is 168 cm³/mol. The Balaban J connectivity index is 1.28. The van der Waals surface area contributed by atoms with Crippen molar-refractivity contribution in [3.8, 4) is 11.5 Å². The van der Waals surface area contributed by atoms with E-state index in [9.17, 15) is 14.4 Å². The minimum Gasteiger partial charge on any atom is -0.459 e. The van der Waals surface area contributed by atoms with Crippen LogP contribution in [0.4, 0.5) is 0 Å². The van der Waals surface area contributed by atoms with Crippen molar-refractivity contribution in [2.24, 2.45) is 28.1 Å². The van der Waals surface area contributed by atoms with Gasteiger partial charge in [-0.05, 0) is 48.9 Å². The van der Waals surface area contributed by atoms with Gasteiger partial charge in [-0.25, -0.2) is 9.59 Å². The van der Waals surface area contributed by atoms with Crippen LogP contribution >= 0.6 is 24.4 Å². The summed E-state index contributed by atoms with van der Waals surface area (Å²) in [6.45, 7) is 7.71. The molecule has 47 heavy (non-hydrogen) atoms. The SMILES string of the molecule is C[C@@H]1C(=O)OC2CC34C5CC(C(C)(C)C)C36C(OC(=O)[C@@H]6OC(=S)Oc3ccccc3)O[C@@]4(C(=O)O5)[C@]21OC(=S)Oc1ccccc1. The van der Waals surface area contributed by atoms with E-state index in [0.717, 1.165) is 0 Å². The second-order valence-corrected chi connectivity index (χ2v) is 14.8. The standard InChI is InChI=1S/C34H32O11S2/c1-17-24(35)40-22-16-31-21-15-20(30(2,3)4)32(31)23(42-28(46)38-18-11-7-5-8-12-18)25(36)43-27(32)44-34(31,26(37)41-21)33(17,22)45-29(47)39-19-13-9-6-10-14-19/h5-14,17,20-23,27H,15-16H2,1-4H3/t17-,20?,21?,22?,23+,27?,31?,32?,33-,34-/m1/s1. The van der Waals surface area contributed by atoms with Crippen molar-refractivity contribution in [2.45, 2.75) is 76.3 Å². The Labute approximate surface area is 281 Å². The Kier molecular flexibility index (Phi) is 6.40. The molecule has 6 fully saturated rings. The van der Waals surface area contributed by atoms with Gasteiger partial charge in [0.2, 0.25) is 23.6 Å². The molecule has 10 atom stereocenters. The van der Waals surface area contributed by atoms with Crippen molar-refractivity contribution < 1.29 is 52.3 Å². The fourth-order valence-electron chi connectivity index (χ4n) is 9.83. The first-order chi connectivity index (χ1) is 22.3. The smallest absolute Gasteiger partial charge is 0.358 e. The number of para-hydroxylation sites is 2. The minimum absolute atomic E-state index is 0.0410. The van der Waals surface area contributed by atoms with Gasteiger partial charge in [0.15, 0.2) is 0 Å². The Morgan fingerprint density at radius 3 is 2.06 bits per heavy atom. The van der Waals surface area contributed by atoms with Gasteiger partial charge in [0.25, 0.3) is 0 Å². The third-order valence-electron chi connectivity index (χ3n) is 11.3. The lowest BCUT2D eigenvalue weighted by Crippen LogP contribution is -2.68. The summed E-state index contributed by atoms with van der Waals surface area (Å²) >= 11 is 11.1. The Bertz CT molecular complexity index is 1710. The van der Waals surface area contributed by atoms with Crippen molar-refractivity contribution in [2.75, 3.05) is 0 Å². The number of esters is 3. The molecule has 2 aromatic rings. The van der Waals surface area contributed by atoms with Crippen molar-refractivity contribution in [1.29, 1.82) is 0 Å². The Hall–Kier alpha value is -3.81. The molecule has 4 aliphatic heterocycles. The van der Waals surface area contributed by atoms with E-state index in [1.165, 1.54) is 0 Å². The average molecular weight is 681 g/mol. The molecule has 6 aliphatic rings. The molecule has 2 spiro atoms.